The predicted molar refractivity (Wildman–Crippen MR) is 114 cm³/mol. The summed E-state index contributed by atoms with van der Waals surface area (Å²) in [6.45, 7) is 2.06. The summed E-state index contributed by atoms with van der Waals surface area (Å²) in [4.78, 5) is 25.5. The molecule has 4 bridgehead atoms. The van der Waals surface area contributed by atoms with Gasteiger partial charge >= 0.3 is 0 Å². The number of nitrogens with one attached hydrogen (secondary N) is 2. The van der Waals surface area contributed by atoms with Gasteiger partial charge in [0.05, 0.1) is 12.6 Å². The van der Waals surface area contributed by atoms with Gasteiger partial charge in [-0.2, -0.15) is 0 Å². The molecule has 0 saturated heterocycles. The summed E-state index contributed by atoms with van der Waals surface area (Å²) < 4.78 is 0. The van der Waals surface area contributed by atoms with Crippen molar-refractivity contribution in [3.05, 3.63) is 48.0 Å². The van der Waals surface area contributed by atoms with Gasteiger partial charge in [-0.05, 0) is 85.6 Å². The molecular weight excluding hydrogens is 360 g/mol. The number of carbonyl (C=O) groups excluding carboxylic acids is 2. The Kier molecular flexibility index (Phi) is 4.60. The van der Waals surface area contributed by atoms with Crippen LogP contribution < -0.4 is 10.6 Å². The van der Waals surface area contributed by atoms with E-state index in [1.54, 1.807) is 0 Å². The van der Waals surface area contributed by atoms with Gasteiger partial charge in [-0.25, -0.2) is 0 Å². The zero-order chi connectivity index (χ0) is 20.0. The fourth-order valence-electron chi connectivity index (χ4n) is 6.59. The number of rotatable bonds is 5. The molecule has 2 aromatic carbocycles. The van der Waals surface area contributed by atoms with Crippen molar-refractivity contribution in [2.75, 3.05) is 6.54 Å². The van der Waals surface area contributed by atoms with Crippen LogP contribution in [0.3, 0.4) is 0 Å². The van der Waals surface area contributed by atoms with E-state index in [4.69, 9.17) is 0 Å². The molecule has 0 spiro atoms. The fourth-order valence-corrected chi connectivity index (χ4v) is 6.59. The Morgan fingerprint density at radius 2 is 1.59 bits per heavy atom. The van der Waals surface area contributed by atoms with Crippen molar-refractivity contribution in [1.29, 1.82) is 0 Å². The van der Waals surface area contributed by atoms with Gasteiger partial charge in [0.1, 0.15) is 0 Å². The molecule has 4 saturated carbocycles. The van der Waals surface area contributed by atoms with Gasteiger partial charge in [0.2, 0.25) is 11.8 Å². The highest BCUT2D eigenvalue weighted by Gasteiger charge is 2.54. The van der Waals surface area contributed by atoms with E-state index in [9.17, 15) is 9.59 Å². The molecule has 152 valence electrons. The van der Waals surface area contributed by atoms with Crippen LogP contribution in [0.25, 0.3) is 10.8 Å². The number of hydrogen-bond donors (Lipinski definition) is 2. The summed E-state index contributed by atoms with van der Waals surface area (Å²) in [6.07, 6.45) is 7.03. The second-order valence-corrected chi connectivity index (χ2v) is 9.78. The van der Waals surface area contributed by atoms with E-state index in [0.717, 1.165) is 42.6 Å². The van der Waals surface area contributed by atoms with E-state index in [1.807, 2.05) is 19.1 Å². The van der Waals surface area contributed by atoms with Gasteiger partial charge in [-0.3, -0.25) is 9.59 Å². The van der Waals surface area contributed by atoms with Crippen LogP contribution in [-0.2, 0) is 9.59 Å². The minimum Gasteiger partial charge on any atom is -0.348 e. The maximum atomic E-state index is 13.0. The Balaban J connectivity index is 1.18. The van der Waals surface area contributed by atoms with Crippen molar-refractivity contribution in [3.8, 4) is 0 Å². The number of hydrogen-bond acceptors (Lipinski definition) is 2. The second kappa shape index (κ2) is 7.16. The maximum absolute atomic E-state index is 13.0. The van der Waals surface area contributed by atoms with E-state index in [-0.39, 0.29) is 29.8 Å². The van der Waals surface area contributed by atoms with Gasteiger partial charge in [0, 0.05) is 5.41 Å². The largest absolute Gasteiger partial charge is 0.348 e. The minimum absolute atomic E-state index is 0.0680. The maximum Gasteiger partial charge on any atom is 0.239 e. The van der Waals surface area contributed by atoms with Crippen molar-refractivity contribution >= 4 is 22.6 Å². The topological polar surface area (TPSA) is 58.2 Å². The van der Waals surface area contributed by atoms with Crippen molar-refractivity contribution in [3.63, 3.8) is 0 Å². The molecule has 6 rings (SSSR count). The quantitative estimate of drug-likeness (QED) is 0.797. The van der Waals surface area contributed by atoms with E-state index >= 15 is 0 Å². The molecule has 4 fully saturated rings. The summed E-state index contributed by atoms with van der Waals surface area (Å²) in [6, 6.07) is 14.4. The number of fused-ring (bicyclic) bond motifs is 1. The third-order valence-electron chi connectivity index (χ3n) is 7.58. The van der Waals surface area contributed by atoms with Crippen molar-refractivity contribution < 1.29 is 9.59 Å². The molecule has 0 radical (unpaired) electrons. The molecule has 0 heterocycles. The molecule has 4 heteroatoms. The number of benzene rings is 2. The highest BCUT2D eigenvalue weighted by Crippen LogP contribution is 2.60. The lowest BCUT2D eigenvalue weighted by molar-refractivity contribution is -0.147. The van der Waals surface area contributed by atoms with Crippen LogP contribution in [0.1, 0.15) is 57.1 Å². The normalized spacial score (nSPS) is 30.9. The SMILES string of the molecule is CC(NC(=O)CNC(=O)C12CC3CC(CC(C3)C1)C2)c1ccc2ccccc2c1. The van der Waals surface area contributed by atoms with E-state index in [0.29, 0.717) is 0 Å². The highest BCUT2D eigenvalue weighted by molar-refractivity contribution is 5.88. The van der Waals surface area contributed by atoms with E-state index in [1.165, 1.54) is 30.0 Å². The molecule has 0 aliphatic heterocycles. The number of carbonyl (C=O) groups is 2. The number of amides is 2. The first-order chi connectivity index (χ1) is 14.0. The molecule has 4 aliphatic rings. The molecule has 1 unspecified atom stereocenters. The average Bonchev–Trinajstić information content (AvgIpc) is 2.70. The van der Waals surface area contributed by atoms with Gasteiger partial charge in [0.25, 0.3) is 0 Å². The minimum atomic E-state index is -0.195. The Bertz CT molecular complexity index is 915. The lowest BCUT2D eigenvalue weighted by atomic mass is 9.49. The molecule has 2 amide bonds. The summed E-state index contributed by atoms with van der Waals surface area (Å²) >= 11 is 0. The molecule has 2 N–H and O–H groups in total. The van der Waals surface area contributed by atoms with Gasteiger partial charge in [-0.1, -0.05) is 36.4 Å². The smallest absolute Gasteiger partial charge is 0.239 e. The standard InChI is InChI=1S/C25H30N2O2/c1-16(21-7-6-20-4-2-3-5-22(20)11-21)27-23(28)15-26-24(29)25-12-17-8-18(13-25)10-19(9-17)14-25/h2-7,11,16-19H,8-10,12-15H2,1H3,(H,26,29)(H,27,28). The van der Waals surface area contributed by atoms with Gasteiger partial charge in [-0.15, -0.1) is 0 Å². The summed E-state index contributed by atoms with van der Waals surface area (Å²) in [5.74, 6) is 2.19. The first-order valence-electron chi connectivity index (χ1n) is 11.1. The van der Waals surface area contributed by atoms with Gasteiger partial charge in [0.15, 0.2) is 0 Å². The molecule has 1 atom stereocenters. The Hall–Kier alpha value is -2.36. The zero-order valence-electron chi connectivity index (χ0n) is 17.1. The zero-order valence-corrected chi connectivity index (χ0v) is 17.1. The van der Waals surface area contributed by atoms with Crippen molar-refractivity contribution in [1.82, 2.24) is 10.6 Å². The molecule has 4 nitrogen and oxygen atoms in total. The third-order valence-corrected chi connectivity index (χ3v) is 7.58. The van der Waals surface area contributed by atoms with E-state index in [2.05, 4.69) is 41.0 Å². The molecule has 4 aliphatic carbocycles. The van der Waals surface area contributed by atoms with Crippen LogP contribution in [0.5, 0.6) is 0 Å². The summed E-state index contributed by atoms with van der Waals surface area (Å²) in [5.41, 5.74) is 0.878. The molecular formula is C25H30N2O2. The molecule has 2 aromatic rings. The van der Waals surface area contributed by atoms with Crippen LogP contribution in [-0.4, -0.2) is 18.4 Å². The van der Waals surface area contributed by atoms with E-state index < -0.39 is 0 Å². The van der Waals surface area contributed by atoms with Crippen molar-refractivity contribution in [2.45, 2.75) is 51.5 Å². The summed E-state index contributed by atoms with van der Waals surface area (Å²) in [5, 5.41) is 8.37. The second-order valence-electron chi connectivity index (χ2n) is 9.78. The van der Waals surface area contributed by atoms with Crippen molar-refractivity contribution in [2.24, 2.45) is 23.2 Å². The fraction of sp³-hybridized carbons (Fsp3) is 0.520. The molecule has 0 aromatic heterocycles. The van der Waals surface area contributed by atoms with Crippen LogP contribution in [0.15, 0.2) is 42.5 Å². The highest BCUT2D eigenvalue weighted by atomic mass is 16.2. The third kappa shape index (κ3) is 3.54. The Morgan fingerprint density at radius 3 is 2.24 bits per heavy atom. The lowest BCUT2D eigenvalue weighted by Gasteiger charge is -2.55. The molecule has 29 heavy (non-hydrogen) atoms. The van der Waals surface area contributed by atoms with Crippen LogP contribution >= 0.6 is 0 Å². The van der Waals surface area contributed by atoms with Gasteiger partial charge < -0.3 is 10.6 Å². The monoisotopic (exact) mass is 390 g/mol. The first-order valence-corrected chi connectivity index (χ1v) is 11.1. The lowest BCUT2D eigenvalue weighted by Crippen LogP contribution is -2.54. The first kappa shape index (κ1) is 18.7. The Morgan fingerprint density at radius 1 is 0.966 bits per heavy atom. The predicted octanol–water partition coefficient (Wildman–Crippen LogP) is 4.35. The van der Waals surface area contributed by atoms with Crippen LogP contribution in [0, 0.1) is 23.2 Å². The Labute approximate surface area is 172 Å². The van der Waals surface area contributed by atoms with Crippen LogP contribution in [0.4, 0.5) is 0 Å². The van der Waals surface area contributed by atoms with Crippen LogP contribution in [0.2, 0.25) is 0 Å². The summed E-state index contributed by atoms with van der Waals surface area (Å²) in [7, 11) is 0. The average molecular weight is 391 g/mol.